The van der Waals surface area contributed by atoms with Crippen LogP contribution >= 0.6 is 0 Å². The second-order valence-corrected chi connectivity index (χ2v) is 10.2. The molecule has 2 aromatic rings. The highest BCUT2D eigenvalue weighted by Crippen LogP contribution is 2.12. The Morgan fingerprint density at radius 1 is 0.703 bits per heavy atom. The van der Waals surface area contributed by atoms with Crippen molar-refractivity contribution in [2.24, 2.45) is 0 Å². The van der Waals surface area contributed by atoms with Gasteiger partial charge in [-0.05, 0) is 55.6 Å². The van der Waals surface area contributed by atoms with Gasteiger partial charge in [0.1, 0.15) is 0 Å². The van der Waals surface area contributed by atoms with Gasteiger partial charge in [0, 0.05) is 12.5 Å². The number of nitrogens with one attached hydrogen (secondary N) is 1. The minimum Gasteiger partial charge on any atom is -0.342 e. The van der Waals surface area contributed by atoms with E-state index in [0.29, 0.717) is 0 Å². The molecule has 0 unspecified atom stereocenters. The van der Waals surface area contributed by atoms with E-state index in [1.165, 1.54) is 81.8 Å². The molecule has 0 saturated heterocycles. The Balaban J connectivity index is 1.56. The molecule has 0 spiro atoms. The lowest BCUT2D eigenvalue weighted by molar-refractivity contribution is -0.116. The van der Waals surface area contributed by atoms with E-state index in [1.807, 2.05) is 36.4 Å². The molecule has 0 atom stereocenters. The van der Waals surface area contributed by atoms with E-state index in [9.17, 15) is 4.79 Å². The van der Waals surface area contributed by atoms with Crippen molar-refractivity contribution in [3.05, 3.63) is 83.9 Å². The zero-order valence-electron chi connectivity index (χ0n) is 23.2. The molecule has 0 radical (unpaired) electrons. The monoisotopic (exact) mass is 499 g/mol. The van der Waals surface area contributed by atoms with Crippen molar-refractivity contribution in [3.8, 4) is 11.8 Å². The van der Waals surface area contributed by atoms with Gasteiger partial charge >= 0.3 is 0 Å². The number of amides is 1. The lowest BCUT2D eigenvalue weighted by Gasteiger charge is -2.17. The van der Waals surface area contributed by atoms with E-state index in [2.05, 4.69) is 60.5 Å². The van der Waals surface area contributed by atoms with Gasteiger partial charge in [-0.3, -0.25) is 4.79 Å². The average Bonchev–Trinajstić information content (AvgIpc) is 2.91. The number of hydrogen-bond acceptors (Lipinski definition) is 1. The quantitative estimate of drug-likeness (QED) is 0.117. The van der Waals surface area contributed by atoms with Crippen LogP contribution in [-0.2, 0) is 17.6 Å². The van der Waals surface area contributed by atoms with Gasteiger partial charge in [-0.2, -0.15) is 0 Å². The predicted octanol–water partition coefficient (Wildman–Crippen LogP) is 9.00. The van der Waals surface area contributed by atoms with Crippen LogP contribution in [0.1, 0.15) is 108 Å². The topological polar surface area (TPSA) is 29.1 Å². The second kappa shape index (κ2) is 21.3. The van der Waals surface area contributed by atoms with Crippen LogP contribution in [0.15, 0.2) is 72.8 Å². The van der Waals surface area contributed by atoms with Crippen molar-refractivity contribution in [1.82, 2.24) is 5.32 Å². The number of carbonyl (C=O) groups excluding carboxylic acids is 1. The van der Waals surface area contributed by atoms with E-state index in [1.54, 1.807) is 0 Å². The molecule has 0 bridgehead atoms. The van der Waals surface area contributed by atoms with E-state index in [4.69, 9.17) is 0 Å². The highest BCUT2D eigenvalue weighted by Gasteiger charge is 2.13. The Morgan fingerprint density at radius 3 is 1.73 bits per heavy atom. The van der Waals surface area contributed by atoms with E-state index in [-0.39, 0.29) is 11.9 Å². The fourth-order valence-electron chi connectivity index (χ4n) is 4.63. The summed E-state index contributed by atoms with van der Waals surface area (Å²) in [5, 5.41) is 3.14. The van der Waals surface area contributed by atoms with Gasteiger partial charge in [0.05, 0.1) is 0 Å². The Hall–Kier alpha value is -2.79. The predicted molar refractivity (Wildman–Crippen MR) is 159 cm³/mol. The summed E-state index contributed by atoms with van der Waals surface area (Å²) in [5.41, 5.74) is 2.45. The summed E-state index contributed by atoms with van der Waals surface area (Å²) >= 11 is 0. The maximum atomic E-state index is 12.5. The molecule has 1 N–H and O–H groups in total. The van der Waals surface area contributed by atoms with Gasteiger partial charge in [-0.1, -0.05) is 143 Å². The molecule has 0 aliphatic rings. The molecule has 1 amide bonds. The lowest BCUT2D eigenvalue weighted by atomic mass is 9.99. The first-order chi connectivity index (χ1) is 18.3. The highest BCUT2D eigenvalue weighted by atomic mass is 16.1. The van der Waals surface area contributed by atoms with Crippen molar-refractivity contribution >= 4 is 5.91 Å². The third-order valence-electron chi connectivity index (χ3n) is 6.75. The number of rotatable bonds is 19. The Labute approximate surface area is 227 Å². The van der Waals surface area contributed by atoms with Crippen molar-refractivity contribution < 1.29 is 4.79 Å². The minimum absolute atomic E-state index is 0.0281. The molecule has 200 valence electrons. The van der Waals surface area contributed by atoms with Gasteiger partial charge in [0.2, 0.25) is 0 Å². The molecule has 0 heterocycles. The first kappa shape index (κ1) is 30.4. The normalized spacial score (nSPS) is 11.0. The number of allylic oxidation sites excluding steroid dienone is 2. The molecule has 0 aromatic heterocycles. The van der Waals surface area contributed by atoms with Gasteiger partial charge in [-0.25, -0.2) is 0 Å². The first-order valence-electron chi connectivity index (χ1n) is 14.8. The fraction of sp³-hybridized carbons (Fsp3) is 0.514. The highest BCUT2D eigenvalue weighted by molar-refractivity contribution is 5.93. The number of hydrogen-bond donors (Lipinski definition) is 1. The third-order valence-corrected chi connectivity index (χ3v) is 6.75. The maximum Gasteiger partial charge on any atom is 0.296 e. The summed E-state index contributed by atoms with van der Waals surface area (Å²) in [6.07, 6.45) is 24.1. The van der Waals surface area contributed by atoms with Crippen LogP contribution < -0.4 is 5.32 Å². The Morgan fingerprint density at radius 2 is 1.19 bits per heavy atom. The van der Waals surface area contributed by atoms with Crippen molar-refractivity contribution in [2.45, 2.75) is 116 Å². The summed E-state index contributed by atoms with van der Waals surface area (Å²) in [6.45, 7) is 2.28. The Bertz CT molecular complexity index is 865. The van der Waals surface area contributed by atoms with Crippen molar-refractivity contribution in [3.63, 3.8) is 0 Å². The first-order valence-corrected chi connectivity index (χ1v) is 14.8. The average molecular weight is 500 g/mol. The summed E-state index contributed by atoms with van der Waals surface area (Å²) < 4.78 is 0. The molecule has 37 heavy (non-hydrogen) atoms. The SMILES string of the molecule is CCCCCCCCCCCCC=CCCCC#CC(=O)NC(Cc1ccccc1)Cc1ccccc1. The molecular formula is C35H49NO. The van der Waals surface area contributed by atoms with Crippen LogP contribution in [0.2, 0.25) is 0 Å². The molecule has 0 aliphatic carbocycles. The number of unbranched alkanes of at least 4 members (excludes halogenated alkanes) is 12. The van der Waals surface area contributed by atoms with Gasteiger partial charge in [-0.15, -0.1) is 0 Å². The van der Waals surface area contributed by atoms with E-state index < -0.39 is 0 Å². The van der Waals surface area contributed by atoms with Crippen LogP contribution in [-0.4, -0.2) is 11.9 Å². The lowest BCUT2D eigenvalue weighted by Crippen LogP contribution is -2.37. The zero-order valence-corrected chi connectivity index (χ0v) is 23.2. The van der Waals surface area contributed by atoms with Crippen LogP contribution in [0.4, 0.5) is 0 Å². The second-order valence-electron chi connectivity index (χ2n) is 10.2. The summed E-state index contributed by atoms with van der Waals surface area (Å²) in [7, 11) is 0. The maximum absolute atomic E-state index is 12.5. The molecule has 2 heteroatoms. The number of carbonyl (C=O) groups is 1. The fourth-order valence-corrected chi connectivity index (χ4v) is 4.63. The smallest absolute Gasteiger partial charge is 0.296 e. The molecule has 0 saturated carbocycles. The van der Waals surface area contributed by atoms with Gasteiger partial charge in [0.15, 0.2) is 0 Å². The zero-order chi connectivity index (χ0) is 26.2. The molecule has 0 fully saturated rings. The largest absolute Gasteiger partial charge is 0.342 e. The molecule has 2 aromatic carbocycles. The van der Waals surface area contributed by atoms with Crippen molar-refractivity contribution in [1.29, 1.82) is 0 Å². The Kier molecular flexibility index (Phi) is 17.5. The van der Waals surface area contributed by atoms with E-state index >= 15 is 0 Å². The summed E-state index contributed by atoms with van der Waals surface area (Å²) in [6, 6.07) is 20.7. The van der Waals surface area contributed by atoms with Crippen LogP contribution in [0.5, 0.6) is 0 Å². The van der Waals surface area contributed by atoms with Crippen molar-refractivity contribution in [2.75, 3.05) is 0 Å². The minimum atomic E-state index is -0.173. The standard InChI is InChI=1S/C35H49NO/c1-2-3-4-5-6-7-8-9-10-11-12-13-14-15-16-17-24-29-35(37)36-34(30-32-25-20-18-21-26-32)31-33-27-22-19-23-28-33/h13-14,18-23,25-28,34H,2-12,15-17,30-31H2,1H3,(H,36,37). The summed E-state index contributed by atoms with van der Waals surface area (Å²) in [5.74, 6) is 5.71. The van der Waals surface area contributed by atoms with Crippen LogP contribution in [0.25, 0.3) is 0 Å². The van der Waals surface area contributed by atoms with E-state index in [0.717, 1.165) is 32.1 Å². The molecule has 2 nitrogen and oxygen atoms in total. The van der Waals surface area contributed by atoms with Gasteiger partial charge in [0.25, 0.3) is 5.91 Å². The number of benzene rings is 2. The third kappa shape index (κ3) is 16.6. The molecule has 0 aliphatic heterocycles. The van der Waals surface area contributed by atoms with Crippen LogP contribution in [0.3, 0.4) is 0 Å². The van der Waals surface area contributed by atoms with Gasteiger partial charge < -0.3 is 5.32 Å². The summed E-state index contributed by atoms with van der Waals surface area (Å²) in [4.78, 5) is 12.5. The molecular weight excluding hydrogens is 450 g/mol. The molecule has 2 rings (SSSR count). The van der Waals surface area contributed by atoms with Crippen LogP contribution in [0, 0.1) is 11.8 Å².